The number of nitrogens with zero attached hydrogens (tertiary/aromatic N) is 1. The highest BCUT2D eigenvalue weighted by molar-refractivity contribution is 5.93. The summed E-state index contributed by atoms with van der Waals surface area (Å²) in [6.07, 6.45) is 2.87. The van der Waals surface area contributed by atoms with Gasteiger partial charge in [-0.25, -0.2) is 5.06 Å². The quantitative estimate of drug-likeness (QED) is 0.594. The number of hydrogen-bond donors (Lipinski definition) is 3. The molecule has 0 radical (unpaired) electrons. The maximum Gasteiger partial charge on any atom is 0.277 e. The predicted octanol–water partition coefficient (Wildman–Crippen LogP) is 3.66. The molecule has 0 saturated heterocycles. The van der Waals surface area contributed by atoms with Crippen LogP contribution < -0.4 is 0 Å². The molecule has 5 heteroatoms. The monoisotopic (exact) mass is 327 g/mol. The van der Waals surface area contributed by atoms with Gasteiger partial charge in [-0.3, -0.25) is 10.0 Å². The molecule has 2 aromatic carbocycles. The van der Waals surface area contributed by atoms with E-state index in [0.29, 0.717) is 18.4 Å². The molecule has 2 aromatic rings. The number of phenols is 2. The van der Waals surface area contributed by atoms with E-state index in [-0.39, 0.29) is 29.4 Å². The van der Waals surface area contributed by atoms with Gasteiger partial charge >= 0.3 is 0 Å². The summed E-state index contributed by atoms with van der Waals surface area (Å²) in [7, 11) is 0. The van der Waals surface area contributed by atoms with Crippen LogP contribution in [-0.4, -0.2) is 32.4 Å². The van der Waals surface area contributed by atoms with Crippen LogP contribution in [0.4, 0.5) is 0 Å². The zero-order valence-corrected chi connectivity index (χ0v) is 13.3. The van der Waals surface area contributed by atoms with E-state index in [4.69, 9.17) is 0 Å². The van der Waals surface area contributed by atoms with Crippen LogP contribution in [0, 0.1) is 0 Å². The summed E-state index contributed by atoms with van der Waals surface area (Å²) >= 11 is 0. The Morgan fingerprint density at radius 1 is 0.958 bits per heavy atom. The highest BCUT2D eigenvalue weighted by atomic mass is 16.5. The fraction of sp³-hybridized carbons (Fsp3) is 0.316. The maximum atomic E-state index is 12.3. The predicted molar refractivity (Wildman–Crippen MR) is 89.2 cm³/mol. The molecular weight excluding hydrogens is 306 g/mol. The minimum absolute atomic E-state index is 0.0416. The molecule has 0 spiro atoms. The molecule has 1 fully saturated rings. The second-order valence-corrected chi connectivity index (χ2v) is 6.26. The van der Waals surface area contributed by atoms with Crippen molar-refractivity contribution in [3.63, 3.8) is 0 Å². The van der Waals surface area contributed by atoms with Gasteiger partial charge in [0.25, 0.3) is 5.91 Å². The normalized spacial score (nSPS) is 20.5. The van der Waals surface area contributed by atoms with Gasteiger partial charge in [-0.05, 0) is 55.4 Å². The summed E-state index contributed by atoms with van der Waals surface area (Å²) in [6.45, 7) is 0. The SMILES string of the molecule is O=C(c1ccccc1)N(O)[C@H]1CC[C@H](c2ccc(O)cc2O)CC1. The molecule has 5 nitrogen and oxygen atoms in total. The molecule has 1 aliphatic carbocycles. The Morgan fingerprint density at radius 2 is 1.62 bits per heavy atom. The molecule has 0 heterocycles. The van der Waals surface area contributed by atoms with E-state index in [1.807, 2.05) is 6.07 Å². The van der Waals surface area contributed by atoms with Gasteiger partial charge in [0.2, 0.25) is 0 Å². The van der Waals surface area contributed by atoms with E-state index in [1.54, 1.807) is 36.4 Å². The molecule has 0 unspecified atom stereocenters. The first-order valence-corrected chi connectivity index (χ1v) is 8.15. The lowest BCUT2D eigenvalue weighted by Crippen LogP contribution is -2.39. The first-order chi connectivity index (χ1) is 11.6. The second kappa shape index (κ2) is 6.93. The number of amides is 1. The van der Waals surface area contributed by atoms with Gasteiger partial charge in [0, 0.05) is 11.6 Å². The molecule has 1 saturated carbocycles. The molecule has 0 atom stereocenters. The van der Waals surface area contributed by atoms with Crippen molar-refractivity contribution in [2.24, 2.45) is 0 Å². The topological polar surface area (TPSA) is 81.0 Å². The third-order valence-electron chi connectivity index (χ3n) is 4.73. The molecule has 0 bridgehead atoms. The highest BCUT2D eigenvalue weighted by Gasteiger charge is 2.30. The Morgan fingerprint density at radius 3 is 2.25 bits per heavy atom. The van der Waals surface area contributed by atoms with Gasteiger partial charge < -0.3 is 10.2 Å². The van der Waals surface area contributed by atoms with Gasteiger partial charge in [-0.1, -0.05) is 24.3 Å². The summed E-state index contributed by atoms with van der Waals surface area (Å²) in [5, 5.41) is 30.5. The largest absolute Gasteiger partial charge is 0.508 e. The van der Waals surface area contributed by atoms with Crippen molar-refractivity contribution in [1.29, 1.82) is 0 Å². The van der Waals surface area contributed by atoms with Crippen molar-refractivity contribution in [3.8, 4) is 11.5 Å². The van der Waals surface area contributed by atoms with Gasteiger partial charge in [0.05, 0.1) is 6.04 Å². The van der Waals surface area contributed by atoms with Crippen LogP contribution >= 0.6 is 0 Å². The van der Waals surface area contributed by atoms with Gasteiger partial charge in [0.15, 0.2) is 0 Å². The summed E-state index contributed by atoms with van der Waals surface area (Å²) in [5.41, 5.74) is 1.28. The lowest BCUT2D eigenvalue weighted by Gasteiger charge is -2.33. The van der Waals surface area contributed by atoms with E-state index in [0.717, 1.165) is 23.5 Å². The molecule has 0 aromatic heterocycles. The smallest absolute Gasteiger partial charge is 0.277 e. The van der Waals surface area contributed by atoms with Crippen LogP contribution in [0.15, 0.2) is 48.5 Å². The lowest BCUT2D eigenvalue weighted by atomic mass is 9.81. The number of aromatic hydroxyl groups is 2. The van der Waals surface area contributed by atoms with Gasteiger partial charge in [-0.2, -0.15) is 0 Å². The van der Waals surface area contributed by atoms with Crippen LogP contribution in [0.25, 0.3) is 0 Å². The Kier molecular flexibility index (Phi) is 4.71. The van der Waals surface area contributed by atoms with E-state index < -0.39 is 0 Å². The lowest BCUT2D eigenvalue weighted by molar-refractivity contribution is -0.0974. The Bertz CT molecular complexity index is 709. The van der Waals surface area contributed by atoms with E-state index >= 15 is 0 Å². The van der Waals surface area contributed by atoms with Crippen molar-refractivity contribution in [1.82, 2.24) is 5.06 Å². The van der Waals surface area contributed by atoms with E-state index in [1.165, 1.54) is 6.07 Å². The van der Waals surface area contributed by atoms with E-state index in [2.05, 4.69) is 0 Å². The second-order valence-electron chi connectivity index (χ2n) is 6.26. The standard InChI is InChI=1S/C19H21NO4/c21-16-10-11-17(18(22)12-16)13-6-8-15(9-7-13)20(24)19(23)14-4-2-1-3-5-14/h1-5,10-13,15,21-22,24H,6-9H2/t13-,15-. The number of hydrogen-bond acceptors (Lipinski definition) is 4. The molecule has 0 aliphatic heterocycles. The van der Waals surface area contributed by atoms with Gasteiger partial charge in [0.1, 0.15) is 11.5 Å². The van der Waals surface area contributed by atoms with Crippen molar-refractivity contribution in [2.75, 3.05) is 0 Å². The van der Waals surface area contributed by atoms with Crippen molar-refractivity contribution >= 4 is 5.91 Å². The number of benzene rings is 2. The third kappa shape index (κ3) is 3.36. The maximum absolute atomic E-state index is 12.3. The average Bonchev–Trinajstić information content (AvgIpc) is 2.61. The summed E-state index contributed by atoms with van der Waals surface area (Å²) in [6, 6.07) is 13.2. The van der Waals surface area contributed by atoms with Crippen LogP contribution in [0.5, 0.6) is 11.5 Å². The first kappa shape index (κ1) is 16.3. The molecule has 3 rings (SSSR count). The number of phenolic OH excluding ortho intramolecular Hbond substituents is 2. The number of hydroxylamine groups is 2. The molecule has 126 valence electrons. The minimum atomic E-state index is -0.383. The Hall–Kier alpha value is -2.53. The van der Waals surface area contributed by atoms with Crippen LogP contribution in [0.2, 0.25) is 0 Å². The Labute approximate surface area is 140 Å². The minimum Gasteiger partial charge on any atom is -0.508 e. The zero-order valence-electron chi connectivity index (χ0n) is 13.3. The fourth-order valence-corrected chi connectivity index (χ4v) is 3.39. The first-order valence-electron chi connectivity index (χ1n) is 8.15. The van der Waals surface area contributed by atoms with Crippen LogP contribution in [0.1, 0.15) is 47.5 Å². The number of rotatable bonds is 3. The van der Waals surface area contributed by atoms with Crippen molar-refractivity contribution in [2.45, 2.75) is 37.6 Å². The fourth-order valence-electron chi connectivity index (χ4n) is 3.39. The molecule has 3 N–H and O–H groups in total. The van der Waals surface area contributed by atoms with Gasteiger partial charge in [-0.15, -0.1) is 0 Å². The summed E-state index contributed by atoms with van der Waals surface area (Å²) < 4.78 is 0. The van der Waals surface area contributed by atoms with Crippen molar-refractivity contribution < 1.29 is 20.2 Å². The molecule has 24 heavy (non-hydrogen) atoms. The third-order valence-corrected chi connectivity index (χ3v) is 4.73. The molecular formula is C19H21NO4. The van der Waals surface area contributed by atoms with E-state index in [9.17, 15) is 20.2 Å². The average molecular weight is 327 g/mol. The zero-order chi connectivity index (χ0) is 17.1. The van der Waals surface area contributed by atoms with Crippen LogP contribution in [-0.2, 0) is 0 Å². The number of carbonyl (C=O) groups is 1. The summed E-state index contributed by atoms with van der Waals surface area (Å²) in [5.74, 6) is -0.0757. The van der Waals surface area contributed by atoms with Crippen molar-refractivity contribution in [3.05, 3.63) is 59.7 Å². The summed E-state index contributed by atoms with van der Waals surface area (Å²) in [4.78, 5) is 12.3. The molecule has 1 amide bonds. The highest BCUT2D eigenvalue weighted by Crippen LogP contribution is 2.39. The number of carbonyl (C=O) groups excluding carboxylic acids is 1. The van der Waals surface area contributed by atoms with Crippen LogP contribution in [0.3, 0.4) is 0 Å². The Balaban J connectivity index is 1.63. The molecule has 1 aliphatic rings.